The number of hydrogen-bond acceptors (Lipinski definition) is 2. The minimum atomic E-state index is -5.35. The van der Waals surface area contributed by atoms with Gasteiger partial charge in [-0.25, -0.2) is 0 Å². The molecule has 0 aliphatic rings. The normalized spacial score (nSPS) is 14.5. The van der Waals surface area contributed by atoms with Crippen molar-refractivity contribution in [1.82, 2.24) is 10.3 Å². The fourth-order valence-corrected chi connectivity index (χ4v) is 2.05. The maximum atomic E-state index is 12.8. The third-order valence-corrected chi connectivity index (χ3v) is 2.97. The van der Waals surface area contributed by atoms with Gasteiger partial charge in [0.05, 0.1) is 0 Å². The Morgan fingerprint density at radius 2 is 1.57 bits per heavy atom. The first-order valence-electron chi connectivity index (χ1n) is 6.42. The van der Waals surface area contributed by atoms with Crippen molar-refractivity contribution < 1.29 is 26.3 Å². The van der Waals surface area contributed by atoms with Gasteiger partial charge in [0.1, 0.15) is 0 Å². The van der Waals surface area contributed by atoms with Gasteiger partial charge in [0.2, 0.25) is 0 Å². The van der Waals surface area contributed by atoms with Crippen molar-refractivity contribution in [3.05, 3.63) is 30.1 Å². The summed E-state index contributed by atoms with van der Waals surface area (Å²) in [6, 6.07) is 1.06. The van der Waals surface area contributed by atoms with Gasteiger partial charge in [-0.3, -0.25) is 4.98 Å². The van der Waals surface area contributed by atoms with E-state index in [9.17, 15) is 26.3 Å². The maximum Gasteiger partial charge on any atom is 0.402 e. The lowest BCUT2D eigenvalue weighted by Gasteiger charge is -2.31. The van der Waals surface area contributed by atoms with Crippen LogP contribution in [-0.2, 0) is 6.42 Å². The second-order valence-electron chi connectivity index (χ2n) is 4.68. The van der Waals surface area contributed by atoms with Crippen LogP contribution in [0.4, 0.5) is 26.3 Å². The first kappa shape index (κ1) is 17.7. The molecule has 1 aromatic heterocycles. The molecule has 0 spiro atoms. The molecule has 2 nitrogen and oxygen atoms in total. The molecule has 0 saturated carbocycles. The van der Waals surface area contributed by atoms with E-state index in [2.05, 4.69) is 10.3 Å². The minimum Gasteiger partial charge on any atom is -0.313 e. The summed E-state index contributed by atoms with van der Waals surface area (Å²) in [5.74, 6) is -3.40. The number of alkyl halides is 6. The second-order valence-corrected chi connectivity index (χ2v) is 4.68. The fourth-order valence-electron chi connectivity index (χ4n) is 2.05. The van der Waals surface area contributed by atoms with E-state index in [4.69, 9.17) is 0 Å². The van der Waals surface area contributed by atoms with E-state index in [0.717, 1.165) is 0 Å². The Morgan fingerprint density at radius 3 is 2.00 bits per heavy atom. The van der Waals surface area contributed by atoms with Gasteiger partial charge in [0, 0.05) is 18.4 Å². The third-order valence-electron chi connectivity index (χ3n) is 2.97. The highest BCUT2D eigenvalue weighted by Crippen LogP contribution is 2.42. The van der Waals surface area contributed by atoms with Gasteiger partial charge in [0.25, 0.3) is 0 Å². The van der Waals surface area contributed by atoms with Crippen LogP contribution in [0.2, 0.25) is 0 Å². The summed E-state index contributed by atoms with van der Waals surface area (Å²) >= 11 is 0. The average Bonchev–Trinajstić information content (AvgIpc) is 2.33. The smallest absolute Gasteiger partial charge is 0.313 e. The maximum absolute atomic E-state index is 12.8. The van der Waals surface area contributed by atoms with Crippen molar-refractivity contribution in [1.29, 1.82) is 0 Å². The van der Waals surface area contributed by atoms with Crippen LogP contribution in [0.3, 0.4) is 0 Å². The molecule has 1 unspecified atom stereocenters. The van der Waals surface area contributed by atoms with Crippen LogP contribution >= 0.6 is 0 Å². The predicted molar refractivity (Wildman–Crippen MR) is 65.6 cm³/mol. The Hall–Kier alpha value is -1.31. The largest absolute Gasteiger partial charge is 0.402 e. The van der Waals surface area contributed by atoms with Gasteiger partial charge in [-0.1, -0.05) is 6.92 Å². The number of pyridine rings is 1. The Bertz CT molecular complexity index is 401. The van der Waals surface area contributed by atoms with E-state index in [-0.39, 0.29) is 13.0 Å². The number of nitrogens with zero attached hydrogens (tertiary/aromatic N) is 1. The monoisotopic (exact) mass is 314 g/mol. The van der Waals surface area contributed by atoms with Crippen LogP contribution in [0.5, 0.6) is 0 Å². The van der Waals surface area contributed by atoms with E-state index in [1.165, 1.54) is 24.5 Å². The van der Waals surface area contributed by atoms with E-state index in [0.29, 0.717) is 12.0 Å². The molecule has 120 valence electrons. The standard InChI is InChI=1S/C13H16F6N2/c1-2-5-21-10(8-9-3-6-20-7-4-9)11(12(14,15)16)13(17,18)19/h3-4,6-7,10-11,21H,2,5,8H2,1H3. The van der Waals surface area contributed by atoms with E-state index >= 15 is 0 Å². The summed E-state index contributed by atoms with van der Waals surface area (Å²) in [6.45, 7) is 1.76. The summed E-state index contributed by atoms with van der Waals surface area (Å²) in [4.78, 5) is 3.69. The zero-order valence-corrected chi connectivity index (χ0v) is 11.3. The zero-order chi connectivity index (χ0) is 16.1. The number of hydrogen-bond donors (Lipinski definition) is 1. The lowest BCUT2D eigenvalue weighted by molar-refractivity contribution is -0.291. The Labute approximate surface area is 118 Å². The lowest BCUT2D eigenvalue weighted by Crippen LogP contribution is -2.52. The van der Waals surface area contributed by atoms with Crippen molar-refractivity contribution in [3.8, 4) is 0 Å². The molecule has 0 aliphatic heterocycles. The molecule has 0 aromatic carbocycles. The Kier molecular flexibility index (Phi) is 6.00. The molecule has 1 N–H and O–H groups in total. The van der Waals surface area contributed by atoms with Crippen LogP contribution < -0.4 is 5.32 Å². The van der Waals surface area contributed by atoms with E-state index in [1.807, 2.05) is 0 Å². The van der Waals surface area contributed by atoms with Crippen LogP contribution in [0, 0.1) is 5.92 Å². The van der Waals surface area contributed by atoms with Gasteiger partial charge < -0.3 is 5.32 Å². The van der Waals surface area contributed by atoms with Crippen LogP contribution in [0.15, 0.2) is 24.5 Å². The van der Waals surface area contributed by atoms with Crippen molar-refractivity contribution >= 4 is 0 Å². The van der Waals surface area contributed by atoms with E-state index in [1.54, 1.807) is 6.92 Å². The van der Waals surface area contributed by atoms with E-state index < -0.39 is 24.3 Å². The summed E-state index contributed by atoms with van der Waals surface area (Å²) in [5, 5.41) is 2.37. The van der Waals surface area contributed by atoms with Gasteiger partial charge in [0.15, 0.2) is 5.92 Å². The molecule has 21 heavy (non-hydrogen) atoms. The summed E-state index contributed by atoms with van der Waals surface area (Å²) in [5.41, 5.74) is 0.372. The second kappa shape index (κ2) is 7.11. The van der Waals surface area contributed by atoms with Gasteiger partial charge >= 0.3 is 12.4 Å². The van der Waals surface area contributed by atoms with Crippen molar-refractivity contribution in [2.75, 3.05) is 6.54 Å². The summed E-state index contributed by atoms with van der Waals surface area (Å²) < 4.78 is 76.9. The minimum absolute atomic E-state index is 0.0818. The third kappa shape index (κ3) is 5.53. The summed E-state index contributed by atoms with van der Waals surface area (Å²) in [7, 11) is 0. The first-order chi connectivity index (χ1) is 9.66. The van der Waals surface area contributed by atoms with Crippen molar-refractivity contribution in [2.24, 2.45) is 5.92 Å². The highest BCUT2D eigenvalue weighted by molar-refractivity contribution is 5.12. The Balaban J connectivity index is 3.03. The molecular formula is C13H16F6N2. The first-order valence-corrected chi connectivity index (χ1v) is 6.42. The number of halogens is 6. The molecule has 0 radical (unpaired) electrons. The molecule has 0 amide bonds. The highest BCUT2D eigenvalue weighted by atomic mass is 19.4. The average molecular weight is 314 g/mol. The van der Waals surface area contributed by atoms with Gasteiger partial charge in [-0.05, 0) is 37.1 Å². The predicted octanol–water partition coefficient (Wildman–Crippen LogP) is 3.73. The molecule has 0 saturated heterocycles. The quantitative estimate of drug-likeness (QED) is 0.809. The molecule has 1 rings (SSSR count). The van der Waals surface area contributed by atoms with Gasteiger partial charge in [-0.15, -0.1) is 0 Å². The lowest BCUT2D eigenvalue weighted by atomic mass is 9.92. The molecular weight excluding hydrogens is 298 g/mol. The molecule has 1 atom stereocenters. The topological polar surface area (TPSA) is 24.9 Å². The van der Waals surface area contributed by atoms with Crippen molar-refractivity contribution in [2.45, 2.75) is 38.2 Å². The summed E-state index contributed by atoms with van der Waals surface area (Å²) in [6.07, 6.45) is -7.96. The molecule has 1 aromatic rings. The molecule has 0 bridgehead atoms. The van der Waals surface area contributed by atoms with Crippen LogP contribution in [0.25, 0.3) is 0 Å². The molecule has 8 heteroatoms. The zero-order valence-electron chi connectivity index (χ0n) is 11.3. The van der Waals surface area contributed by atoms with Crippen LogP contribution in [0.1, 0.15) is 18.9 Å². The molecule has 0 aliphatic carbocycles. The number of aromatic nitrogens is 1. The van der Waals surface area contributed by atoms with Crippen molar-refractivity contribution in [3.63, 3.8) is 0 Å². The number of rotatable bonds is 6. The fraction of sp³-hybridized carbons (Fsp3) is 0.615. The molecule has 1 heterocycles. The Morgan fingerprint density at radius 1 is 1.05 bits per heavy atom. The van der Waals surface area contributed by atoms with Gasteiger partial charge in [-0.2, -0.15) is 26.3 Å². The van der Waals surface area contributed by atoms with Crippen LogP contribution in [-0.4, -0.2) is 29.9 Å². The number of nitrogens with one attached hydrogen (secondary N) is 1. The molecule has 0 fully saturated rings. The SMILES string of the molecule is CCCNC(Cc1ccncc1)C(C(F)(F)F)C(F)(F)F. The highest BCUT2D eigenvalue weighted by Gasteiger charge is 2.59.